The molecule has 0 aromatic heterocycles. The van der Waals surface area contributed by atoms with E-state index in [2.05, 4.69) is 42.3 Å². The third kappa shape index (κ3) is 4.22. The summed E-state index contributed by atoms with van der Waals surface area (Å²) in [5.74, 6) is 1.69. The maximum absolute atomic E-state index is 5.47. The molecule has 1 aromatic carbocycles. The topological polar surface area (TPSA) is 24.5 Å². The van der Waals surface area contributed by atoms with E-state index < -0.39 is 0 Å². The lowest BCUT2D eigenvalue weighted by atomic mass is 9.98. The molecule has 0 spiro atoms. The summed E-state index contributed by atoms with van der Waals surface area (Å²) in [4.78, 5) is 2.56. The van der Waals surface area contributed by atoms with Gasteiger partial charge in [-0.15, -0.1) is 0 Å². The van der Waals surface area contributed by atoms with Crippen LogP contribution in [0.15, 0.2) is 18.2 Å². The second-order valence-electron chi connectivity index (χ2n) is 5.68. The smallest absolute Gasteiger partial charge is 0.122 e. The average Bonchev–Trinajstić information content (AvgIpc) is 2.40. The molecule has 0 radical (unpaired) electrons. The standard InChI is InChI=1S/C16H26N2O/c1-13-4-5-16(19-3)15(10-13)11-14(2)12-18-8-6-17-7-9-18/h4-5,10,14,17H,6-9,11-12H2,1-3H3. The van der Waals surface area contributed by atoms with Gasteiger partial charge in [0.25, 0.3) is 0 Å². The number of nitrogens with zero attached hydrogens (tertiary/aromatic N) is 1. The summed E-state index contributed by atoms with van der Waals surface area (Å²) in [5, 5.41) is 3.40. The summed E-state index contributed by atoms with van der Waals surface area (Å²) in [6.45, 7) is 10.3. The third-order valence-corrected chi connectivity index (χ3v) is 3.78. The van der Waals surface area contributed by atoms with Crippen molar-refractivity contribution in [3.63, 3.8) is 0 Å². The van der Waals surface area contributed by atoms with Crippen molar-refractivity contribution in [1.82, 2.24) is 10.2 Å². The molecule has 1 fully saturated rings. The number of hydrogen-bond donors (Lipinski definition) is 1. The molecule has 1 atom stereocenters. The van der Waals surface area contributed by atoms with Gasteiger partial charge in [-0.2, -0.15) is 0 Å². The second-order valence-corrected chi connectivity index (χ2v) is 5.68. The molecule has 106 valence electrons. The summed E-state index contributed by atoms with van der Waals surface area (Å²) >= 11 is 0. The highest BCUT2D eigenvalue weighted by Gasteiger charge is 2.15. The van der Waals surface area contributed by atoms with Crippen LogP contribution in [-0.2, 0) is 6.42 Å². The number of ether oxygens (including phenoxy) is 1. The molecule has 0 aliphatic carbocycles. The Bertz CT molecular complexity index is 400. The Labute approximate surface area is 116 Å². The molecule has 1 saturated heterocycles. The Balaban J connectivity index is 1.93. The maximum Gasteiger partial charge on any atom is 0.122 e. The van der Waals surface area contributed by atoms with E-state index in [-0.39, 0.29) is 0 Å². The van der Waals surface area contributed by atoms with Crippen LogP contribution in [0.25, 0.3) is 0 Å². The summed E-state index contributed by atoms with van der Waals surface area (Å²) in [6, 6.07) is 6.46. The quantitative estimate of drug-likeness (QED) is 0.879. The lowest BCUT2D eigenvalue weighted by Crippen LogP contribution is -2.45. The SMILES string of the molecule is COc1ccc(C)cc1CC(C)CN1CCNCC1. The fourth-order valence-electron chi connectivity index (χ4n) is 2.84. The molecule has 1 aliphatic rings. The summed E-state index contributed by atoms with van der Waals surface area (Å²) in [6.07, 6.45) is 1.09. The monoisotopic (exact) mass is 262 g/mol. The Morgan fingerprint density at radius 3 is 2.74 bits per heavy atom. The van der Waals surface area contributed by atoms with Crippen molar-refractivity contribution in [2.45, 2.75) is 20.3 Å². The number of benzene rings is 1. The van der Waals surface area contributed by atoms with E-state index in [1.165, 1.54) is 30.8 Å². The minimum atomic E-state index is 0.661. The highest BCUT2D eigenvalue weighted by Crippen LogP contribution is 2.23. The molecule has 1 N–H and O–H groups in total. The van der Waals surface area contributed by atoms with Crippen molar-refractivity contribution in [3.05, 3.63) is 29.3 Å². The Morgan fingerprint density at radius 2 is 2.05 bits per heavy atom. The zero-order valence-corrected chi connectivity index (χ0v) is 12.4. The highest BCUT2D eigenvalue weighted by atomic mass is 16.5. The van der Waals surface area contributed by atoms with E-state index in [1.54, 1.807) is 7.11 Å². The molecule has 3 nitrogen and oxygen atoms in total. The Morgan fingerprint density at radius 1 is 1.32 bits per heavy atom. The molecular weight excluding hydrogens is 236 g/mol. The zero-order valence-electron chi connectivity index (χ0n) is 12.4. The number of nitrogens with one attached hydrogen (secondary N) is 1. The largest absolute Gasteiger partial charge is 0.496 e. The van der Waals surface area contributed by atoms with Crippen LogP contribution >= 0.6 is 0 Å². The van der Waals surface area contributed by atoms with Gasteiger partial charge in [-0.3, -0.25) is 0 Å². The predicted molar refractivity (Wildman–Crippen MR) is 79.9 cm³/mol. The van der Waals surface area contributed by atoms with E-state index in [9.17, 15) is 0 Å². The molecule has 0 bridgehead atoms. The van der Waals surface area contributed by atoms with E-state index in [4.69, 9.17) is 4.74 Å². The van der Waals surface area contributed by atoms with Gasteiger partial charge in [0, 0.05) is 32.7 Å². The first-order valence-corrected chi connectivity index (χ1v) is 7.25. The van der Waals surface area contributed by atoms with Gasteiger partial charge >= 0.3 is 0 Å². The summed E-state index contributed by atoms with van der Waals surface area (Å²) in [5.41, 5.74) is 2.65. The Hall–Kier alpha value is -1.06. The van der Waals surface area contributed by atoms with Crippen molar-refractivity contribution >= 4 is 0 Å². The van der Waals surface area contributed by atoms with Gasteiger partial charge in [0.1, 0.15) is 5.75 Å². The van der Waals surface area contributed by atoms with Crippen molar-refractivity contribution < 1.29 is 4.74 Å². The van der Waals surface area contributed by atoms with E-state index in [0.29, 0.717) is 5.92 Å². The molecule has 19 heavy (non-hydrogen) atoms. The van der Waals surface area contributed by atoms with Crippen LogP contribution in [0.3, 0.4) is 0 Å². The molecule has 0 saturated carbocycles. The van der Waals surface area contributed by atoms with Gasteiger partial charge < -0.3 is 15.0 Å². The number of piperazine rings is 1. The fourth-order valence-corrected chi connectivity index (χ4v) is 2.84. The van der Waals surface area contributed by atoms with Gasteiger partial charge in [0.05, 0.1) is 7.11 Å². The van der Waals surface area contributed by atoms with E-state index >= 15 is 0 Å². The first-order chi connectivity index (χ1) is 9.19. The number of hydrogen-bond acceptors (Lipinski definition) is 3. The molecule has 0 amide bonds. The molecule has 1 aromatic rings. The van der Waals surface area contributed by atoms with Crippen LogP contribution in [0.2, 0.25) is 0 Å². The lowest BCUT2D eigenvalue weighted by molar-refractivity contribution is 0.210. The minimum absolute atomic E-state index is 0.661. The van der Waals surface area contributed by atoms with Gasteiger partial charge in [0.15, 0.2) is 0 Å². The van der Waals surface area contributed by atoms with E-state index in [1.807, 2.05) is 0 Å². The highest BCUT2D eigenvalue weighted by molar-refractivity contribution is 5.37. The summed E-state index contributed by atoms with van der Waals surface area (Å²) in [7, 11) is 1.76. The lowest BCUT2D eigenvalue weighted by Gasteiger charge is -2.29. The maximum atomic E-state index is 5.47. The zero-order chi connectivity index (χ0) is 13.7. The molecule has 1 heterocycles. The second kappa shape index (κ2) is 6.92. The van der Waals surface area contributed by atoms with Gasteiger partial charge in [-0.05, 0) is 30.9 Å². The molecule has 2 rings (SSSR count). The third-order valence-electron chi connectivity index (χ3n) is 3.78. The molecule has 1 unspecified atom stereocenters. The average molecular weight is 262 g/mol. The van der Waals surface area contributed by atoms with Crippen molar-refractivity contribution in [2.24, 2.45) is 5.92 Å². The van der Waals surface area contributed by atoms with Gasteiger partial charge in [-0.25, -0.2) is 0 Å². The summed E-state index contributed by atoms with van der Waals surface area (Å²) < 4.78 is 5.47. The predicted octanol–water partition coefficient (Wildman–Crippen LogP) is 2.09. The first-order valence-electron chi connectivity index (χ1n) is 7.25. The van der Waals surface area contributed by atoms with Crippen LogP contribution in [-0.4, -0.2) is 44.7 Å². The van der Waals surface area contributed by atoms with Crippen LogP contribution in [0.4, 0.5) is 0 Å². The van der Waals surface area contributed by atoms with Crippen LogP contribution < -0.4 is 10.1 Å². The number of methoxy groups -OCH3 is 1. The van der Waals surface area contributed by atoms with Crippen molar-refractivity contribution in [1.29, 1.82) is 0 Å². The van der Waals surface area contributed by atoms with Crippen LogP contribution in [0.1, 0.15) is 18.1 Å². The first kappa shape index (κ1) is 14.4. The molecule has 1 aliphatic heterocycles. The normalized spacial score (nSPS) is 18.3. The van der Waals surface area contributed by atoms with Crippen molar-refractivity contribution in [3.8, 4) is 5.75 Å². The number of aryl methyl sites for hydroxylation is 1. The Kier molecular flexibility index (Phi) is 5.23. The van der Waals surface area contributed by atoms with Crippen LogP contribution in [0.5, 0.6) is 5.75 Å². The van der Waals surface area contributed by atoms with Gasteiger partial charge in [-0.1, -0.05) is 24.6 Å². The molecular formula is C16H26N2O. The number of rotatable bonds is 5. The van der Waals surface area contributed by atoms with Gasteiger partial charge in [0.2, 0.25) is 0 Å². The fraction of sp³-hybridized carbons (Fsp3) is 0.625. The van der Waals surface area contributed by atoms with E-state index in [0.717, 1.165) is 25.3 Å². The molecule has 3 heteroatoms. The minimum Gasteiger partial charge on any atom is -0.496 e. The van der Waals surface area contributed by atoms with Crippen molar-refractivity contribution in [2.75, 3.05) is 39.8 Å². The van der Waals surface area contributed by atoms with Crippen LogP contribution in [0, 0.1) is 12.8 Å².